The molecule has 202 valence electrons. The maximum atomic E-state index is 13.9. The van der Waals surface area contributed by atoms with Crippen LogP contribution in [0.25, 0.3) is 0 Å². The second-order valence-electron chi connectivity index (χ2n) is 10.6. The van der Waals surface area contributed by atoms with Crippen LogP contribution in [0.3, 0.4) is 0 Å². The number of aryl methyl sites for hydroxylation is 2. The van der Waals surface area contributed by atoms with E-state index in [-0.39, 0.29) is 42.0 Å². The van der Waals surface area contributed by atoms with Crippen molar-refractivity contribution in [2.24, 2.45) is 17.8 Å². The molecule has 3 aliphatic heterocycles. The Bertz CT molecular complexity index is 1250. The highest BCUT2D eigenvalue weighted by atomic mass is 32.2. The quantitative estimate of drug-likeness (QED) is 0.475. The number of anilines is 2. The summed E-state index contributed by atoms with van der Waals surface area (Å²) in [4.78, 5) is 43.0. The summed E-state index contributed by atoms with van der Waals surface area (Å²) in [6.45, 7) is 8.23. The average molecular weight is 538 g/mol. The number of nitrogens with one attached hydrogen (secondary N) is 2. The molecule has 9 heteroatoms. The lowest BCUT2D eigenvalue weighted by Crippen LogP contribution is -2.55. The largest absolute Gasteiger partial charge is 0.494 e. The van der Waals surface area contributed by atoms with Gasteiger partial charge >= 0.3 is 0 Å². The highest BCUT2D eigenvalue weighted by Crippen LogP contribution is 2.68. The standard InChI is InChI=1S/C29H35N3O5S/c1-5-37-20-10-8-19(9-11-20)30-26(34)23-22-15-18(4)29(38-22)24(23)28(36)32(12-13-33)25(29)27(35)31-21-14-16(2)6-7-17(21)3/h6-11,14,18,22-25,33H,5,12-13,15H2,1-4H3,(H,30,34)(H,31,35)/t18?,22-,23+,24-,25?,29?/m0/s1. The van der Waals surface area contributed by atoms with Crippen molar-refractivity contribution in [1.29, 1.82) is 0 Å². The van der Waals surface area contributed by atoms with E-state index in [1.54, 1.807) is 36.0 Å². The number of hydrogen-bond donors (Lipinski definition) is 3. The molecule has 3 unspecified atom stereocenters. The molecule has 3 N–H and O–H groups in total. The summed E-state index contributed by atoms with van der Waals surface area (Å²) >= 11 is 1.62. The molecule has 0 aromatic heterocycles. The summed E-state index contributed by atoms with van der Waals surface area (Å²) in [5.41, 5.74) is 3.30. The minimum absolute atomic E-state index is 0.0488. The van der Waals surface area contributed by atoms with Gasteiger partial charge in [-0.05, 0) is 74.6 Å². The first-order chi connectivity index (χ1) is 18.2. The highest BCUT2D eigenvalue weighted by Gasteiger charge is 2.75. The maximum absolute atomic E-state index is 13.9. The van der Waals surface area contributed by atoms with Crippen LogP contribution in [0.1, 0.15) is 31.4 Å². The molecule has 2 aromatic carbocycles. The van der Waals surface area contributed by atoms with Gasteiger partial charge in [0.1, 0.15) is 11.8 Å². The molecular formula is C29H35N3O5S. The van der Waals surface area contributed by atoms with Gasteiger partial charge in [-0.15, -0.1) is 11.8 Å². The molecule has 6 atom stereocenters. The van der Waals surface area contributed by atoms with Gasteiger partial charge in [-0.3, -0.25) is 14.4 Å². The SMILES string of the molecule is CCOc1ccc(NC(=O)[C@@H]2[C@@H]3CC(C)C4(S3)C(C(=O)Nc3cc(C)ccc3C)N(CCO)C(=O)[C@H]24)cc1. The first-order valence-corrected chi connectivity index (χ1v) is 14.1. The van der Waals surface area contributed by atoms with Gasteiger partial charge in [0.05, 0.1) is 29.8 Å². The first kappa shape index (κ1) is 26.6. The zero-order chi connectivity index (χ0) is 27.2. The van der Waals surface area contributed by atoms with Gasteiger partial charge in [-0.2, -0.15) is 0 Å². The lowest BCUT2D eigenvalue weighted by Gasteiger charge is -2.38. The van der Waals surface area contributed by atoms with Crippen LogP contribution in [0.4, 0.5) is 11.4 Å². The summed E-state index contributed by atoms with van der Waals surface area (Å²) in [6, 6.07) is 12.3. The Hall–Kier alpha value is -3.04. The zero-order valence-electron chi connectivity index (χ0n) is 22.2. The Labute approximate surface area is 227 Å². The lowest BCUT2D eigenvalue weighted by atomic mass is 9.66. The molecule has 1 spiro atoms. The maximum Gasteiger partial charge on any atom is 0.248 e. The summed E-state index contributed by atoms with van der Waals surface area (Å²) in [5, 5.41) is 15.8. The van der Waals surface area contributed by atoms with Crippen molar-refractivity contribution in [3.63, 3.8) is 0 Å². The third-order valence-electron chi connectivity index (χ3n) is 8.22. The molecule has 0 radical (unpaired) electrons. The minimum Gasteiger partial charge on any atom is -0.494 e. The number of rotatable bonds is 8. The van der Waals surface area contributed by atoms with Crippen molar-refractivity contribution < 1.29 is 24.2 Å². The molecule has 3 heterocycles. The van der Waals surface area contributed by atoms with Crippen molar-refractivity contribution in [1.82, 2.24) is 4.90 Å². The Kier molecular flexibility index (Phi) is 7.17. The topological polar surface area (TPSA) is 108 Å². The van der Waals surface area contributed by atoms with E-state index in [1.165, 1.54) is 4.90 Å². The third kappa shape index (κ3) is 4.25. The van der Waals surface area contributed by atoms with Crippen molar-refractivity contribution >= 4 is 40.9 Å². The van der Waals surface area contributed by atoms with E-state index in [9.17, 15) is 19.5 Å². The molecule has 3 aliphatic rings. The van der Waals surface area contributed by atoms with Crippen LogP contribution in [-0.2, 0) is 14.4 Å². The smallest absolute Gasteiger partial charge is 0.248 e. The molecule has 0 aliphatic carbocycles. The number of aliphatic hydroxyl groups excluding tert-OH is 1. The number of amides is 3. The predicted molar refractivity (Wildman–Crippen MR) is 148 cm³/mol. The molecule has 2 aromatic rings. The number of likely N-dealkylation sites (tertiary alicyclic amines) is 1. The number of fused-ring (bicyclic) bond motifs is 1. The van der Waals surface area contributed by atoms with Crippen LogP contribution in [0, 0.1) is 31.6 Å². The van der Waals surface area contributed by atoms with E-state index >= 15 is 0 Å². The highest BCUT2D eigenvalue weighted by molar-refractivity contribution is 8.02. The van der Waals surface area contributed by atoms with E-state index < -0.39 is 22.6 Å². The molecule has 38 heavy (non-hydrogen) atoms. The molecule has 5 rings (SSSR count). The van der Waals surface area contributed by atoms with E-state index in [1.807, 2.05) is 39.0 Å². The van der Waals surface area contributed by atoms with Gasteiger partial charge in [0.25, 0.3) is 0 Å². The molecule has 8 nitrogen and oxygen atoms in total. The van der Waals surface area contributed by atoms with Crippen LogP contribution in [0.2, 0.25) is 0 Å². The monoisotopic (exact) mass is 537 g/mol. The van der Waals surface area contributed by atoms with E-state index in [0.717, 1.165) is 23.3 Å². The first-order valence-electron chi connectivity index (χ1n) is 13.2. The number of carbonyl (C=O) groups is 3. The van der Waals surface area contributed by atoms with Crippen LogP contribution in [0.15, 0.2) is 42.5 Å². The molecule has 3 saturated heterocycles. The van der Waals surface area contributed by atoms with Crippen molar-refractivity contribution in [2.45, 2.75) is 50.2 Å². The average Bonchev–Trinajstić information content (AvgIpc) is 3.47. The normalized spacial score (nSPS) is 29.3. The van der Waals surface area contributed by atoms with Gasteiger partial charge in [0.15, 0.2) is 0 Å². The fourth-order valence-corrected chi connectivity index (χ4v) is 8.99. The van der Waals surface area contributed by atoms with Crippen molar-refractivity contribution in [3.05, 3.63) is 53.6 Å². The van der Waals surface area contributed by atoms with Gasteiger partial charge in [-0.25, -0.2) is 0 Å². The molecule has 3 fully saturated rings. The number of nitrogens with zero attached hydrogens (tertiary/aromatic N) is 1. The number of benzene rings is 2. The predicted octanol–water partition coefficient (Wildman–Crippen LogP) is 3.61. The Morgan fingerprint density at radius 3 is 2.55 bits per heavy atom. The molecular weight excluding hydrogens is 502 g/mol. The van der Waals surface area contributed by atoms with Gasteiger partial charge in [-0.1, -0.05) is 19.1 Å². The van der Waals surface area contributed by atoms with E-state index in [4.69, 9.17) is 4.74 Å². The van der Waals surface area contributed by atoms with Crippen LogP contribution < -0.4 is 15.4 Å². The number of ether oxygens (including phenoxy) is 1. The second kappa shape index (κ2) is 10.3. The fourth-order valence-electron chi connectivity index (χ4n) is 6.57. The third-order valence-corrected chi connectivity index (χ3v) is 10.3. The Morgan fingerprint density at radius 1 is 1.13 bits per heavy atom. The number of carbonyl (C=O) groups excluding carboxylic acids is 3. The molecule has 0 saturated carbocycles. The number of aliphatic hydroxyl groups is 1. The number of β-amino-alcohol motifs (C(OH)–C–C–N with tert-alkyl or cyclic N) is 1. The molecule has 2 bridgehead atoms. The van der Waals surface area contributed by atoms with E-state index in [0.29, 0.717) is 18.0 Å². The summed E-state index contributed by atoms with van der Waals surface area (Å²) in [5.74, 6) is -1.13. The summed E-state index contributed by atoms with van der Waals surface area (Å²) < 4.78 is 4.75. The zero-order valence-corrected chi connectivity index (χ0v) is 23.0. The van der Waals surface area contributed by atoms with Crippen LogP contribution in [-0.4, -0.2) is 63.5 Å². The summed E-state index contributed by atoms with van der Waals surface area (Å²) in [6.07, 6.45) is 0.746. The lowest BCUT2D eigenvalue weighted by molar-refractivity contribution is -0.138. The minimum atomic E-state index is -0.777. The number of thioether (sulfide) groups is 1. The van der Waals surface area contributed by atoms with Crippen molar-refractivity contribution in [2.75, 3.05) is 30.4 Å². The number of hydrogen-bond acceptors (Lipinski definition) is 6. The van der Waals surface area contributed by atoms with Gasteiger partial charge in [0, 0.05) is 23.2 Å². The van der Waals surface area contributed by atoms with Gasteiger partial charge < -0.3 is 25.4 Å². The van der Waals surface area contributed by atoms with Crippen LogP contribution >= 0.6 is 11.8 Å². The second-order valence-corrected chi connectivity index (χ2v) is 12.1. The van der Waals surface area contributed by atoms with Gasteiger partial charge in [0.2, 0.25) is 17.7 Å². The van der Waals surface area contributed by atoms with Crippen molar-refractivity contribution in [3.8, 4) is 5.75 Å². The Morgan fingerprint density at radius 2 is 1.87 bits per heavy atom. The molecule has 3 amide bonds. The summed E-state index contributed by atoms with van der Waals surface area (Å²) in [7, 11) is 0. The van der Waals surface area contributed by atoms with E-state index in [2.05, 4.69) is 17.6 Å². The van der Waals surface area contributed by atoms with Crippen LogP contribution in [0.5, 0.6) is 5.75 Å². The Balaban J connectivity index is 1.45. The fraction of sp³-hybridized carbons (Fsp3) is 0.483.